The monoisotopic (exact) mass is 470 g/mol. The summed E-state index contributed by atoms with van der Waals surface area (Å²) >= 11 is 0. The van der Waals surface area contributed by atoms with Crippen LogP contribution in [-0.2, 0) is 26.2 Å². The Morgan fingerprint density at radius 3 is 2.15 bits per heavy atom. The molecule has 176 valence electrons. The first-order valence-corrected chi connectivity index (χ1v) is 12.8. The zero-order chi connectivity index (χ0) is 23.8. The Bertz CT molecular complexity index is 1130. The van der Waals surface area contributed by atoms with Crippen molar-refractivity contribution < 1.29 is 22.7 Å². The van der Waals surface area contributed by atoms with Gasteiger partial charge in [0.25, 0.3) is 10.0 Å². The highest BCUT2D eigenvalue weighted by molar-refractivity contribution is 7.92. The molecule has 1 heterocycles. The highest BCUT2D eigenvalue weighted by Gasteiger charge is 2.47. The number of carbonyl (C=O) groups excluding carboxylic acids is 2. The molecule has 7 nitrogen and oxygen atoms in total. The minimum Gasteiger partial charge on any atom is -0.495 e. The fraction of sp³-hybridized carbons (Fsp3) is 0.440. The van der Waals surface area contributed by atoms with Gasteiger partial charge in [-0.15, -0.1) is 0 Å². The van der Waals surface area contributed by atoms with Gasteiger partial charge in [-0.2, -0.15) is 0 Å². The summed E-state index contributed by atoms with van der Waals surface area (Å²) in [5.74, 6) is -0.224. The number of rotatable bonds is 7. The lowest BCUT2D eigenvalue weighted by atomic mass is 9.81. The van der Waals surface area contributed by atoms with Gasteiger partial charge in [0.05, 0.1) is 25.5 Å². The van der Waals surface area contributed by atoms with Gasteiger partial charge in [0.2, 0.25) is 11.8 Å². The summed E-state index contributed by atoms with van der Waals surface area (Å²) < 4.78 is 34.3. The van der Waals surface area contributed by atoms with E-state index in [9.17, 15) is 18.0 Å². The largest absolute Gasteiger partial charge is 0.495 e. The standard InChI is InChI=1S/C25H30N2O5S/c1-16(2)18-9-11-19(12-10-18)26-33(30,31)23-14-17(8-13-22(23)32-3)15-27-24(28)20-6-4-5-7-21(20)25(27)29/h8-14,16,20-21,26H,4-7,15H2,1-3H3/t20-,21-/m0/s1. The molecule has 33 heavy (non-hydrogen) atoms. The molecule has 2 aromatic carbocycles. The van der Waals surface area contributed by atoms with Gasteiger partial charge in [0.1, 0.15) is 10.6 Å². The summed E-state index contributed by atoms with van der Waals surface area (Å²) in [5.41, 5.74) is 2.12. The minimum absolute atomic E-state index is 0.0352. The fourth-order valence-corrected chi connectivity index (χ4v) is 6.02. The molecule has 0 unspecified atom stereocenters. The van der Waals surface area contributed by atoms with Crippen LogP contribution in [0.2, 0.25) is 0 Å². The van der Waals surface area contributed by atoms with Gasteiger partial charge in [0, 0.05) is 5.69 Å². The Hall–Kier alpha value is -2.87. The molecular weight excluding hydrogens is 440 g/mol. The van der Waals surface area contributed by atoms with Crippen LogP contribution in [0.1, 0.15) is 56.6 Å². The fourth-order valence-electron chi connectivity index (χ4n) is 4.75. The van der Waals surface area contributed by atoms with Crippen LogP contribution in [0.25, 0.3) is 0 Å². The van der Waals surface area contributed by atoms with Crippen molar-refractivity contribution in [1.29, 1.82) is 0 Å². The molecular formula is C25H30N2O5S. The maximum Gasteiger partial charge on any atom is 0.265 e. The van der Waals surface area contributed by atoms with Gasteiger partial charge in [-0.3, -0.25) is 19.2 Å². The van der Waals surface area contributed by atoms with E-state index in [1.807, 2.05) is 12.1 Å². The molecule has 0 aromatic heterocycles. The van der Waals surface area contributed by atoms with Crippen LogP contribution in [-0.4, -0.2) is 32.2 Å². The van der Waals surface area contributed by atoms with E-state index in [0.29, 0.717) is 17.2 Å². The number of fused-ring (bicyclic) bond motifs is 1. The first-order valence-electron chi connectivity index (χ1n) is 11.4. The zero-order valence-corrected chi connectivity index (χ0v) is 20.0. The lowest BCUT2D eigenvalue weighted by Crippen LogP contribution is -2.30. The van der Waals surface area contributed by atoms with Crippen molar-refractivity contribution in [2.45, 2.75) is 56.9 Å². The molecule has 1 saturated heterocycles. The van der Waals surface area contributed by atoms with Crippen molar-refractivity contribution in [3.05, 3.63) is 53.6 Å². The molecule has 0 radical (unpaired) electrons. The number of imide groups is 1. The molecule has 2 aliphatic rings. The van der Waals surface area contributed by atoms with E-state index in [0.717, 1.165) is 31.2 Å². The number of ether oxygens (including phenoxy) is 1. The predicted octanol–water partition coefficient (Wildman–Crippen LogP) is 4.29. The molecule has 1 N–H and O–H groups in total. The third kappa shape index (κ3) is 4.62. The molecule has 2 aromatic rings. The van der Waals surface area contributed by atoms with E-state index < -0.39 is 10.0 Å². The Balaban J connectivity index is 1.58. The van der Waals surface area contributed by atoms with E-state index in [1.165, 1.54) is 18.1 Å². The number of hydrogen-bond donors (Lipinski definition) is 1. The first kappa shape index (κ1) is 23.3. The molecule has 2 atom stereocenters. The number of sulfonamides is 1. The van der Waals surface area contributed by atoms with Crippen molar-refractivity contribution >= 4 is 27.5 Å². The smallest absolute Gasteiger partial charge is 0.265 e. The Morgan fingerprint density at radius 2 is 1.61 bits per heavy atom. The van der Waals surface area contributed by atoms with E-state index in [1.54, 1.807) is 24.3 Å². The summed E-state index contributed by atoms with van der Waals surface area (Å²) in [6, 6.07) is 12.0. The number of carbonyl (C=O) groups is 2. The van der Waals surface area contributed by atoms with Gasteiger partial charge in [-0.05, 0) is 54.2 Å². The van der Waals surface area contributed by atoms with Crippen LogP contribution < -0.4 is 9.46 Å². The number of nitrogens with zero attached hydrogens (tertiary/aromatic N) is 1. The van der Waals surface area contributed by atoms with Crippen molar-refractivity contribution in [2.24, 2.45) is 11.8 Å². The molecule has 2 amide bonds. The number of likely N-dealkylation sites (tertiary alicyclic amines) is 1. The summed E-state index contributed by atoms with van der Waals surface area (Å²) in [4.78, 5) is 26.9. The topological polar surface area (TPSA) is 92.8 Å². The number of anilines is 1. The number of nitrogens with one attached hydrogen (secondary N) is 1. The van der Waals surface area contributed by atoms with Gasteiger partial charge >= 0.3 is 0 Å². The van der Waals surface area contributed by atoms with Crippen LogP contribution in [0.15, 0.2) is 47.4 Å². The molecule has 1 saturated carbocycles. The maximum absolute atomic E-state index is 13.2. The molecule has 1 aliphatic heterocycles. The maximum atomic E-state index is 13.2. The number of hydrogen-bond acceptors (Lipinski definition) is 5. The van der Waals surface area contributed by atoms with Crippen LogP contribution in [0.3, 0.4) is 0 Å². The molecule has 0 spiro atoms. The van der Waals surface area contributed by atoms with Crippen LogP contribution in [0.5, 0.6) is 5.75 Å². The molecule has 2 fully saturated rings. The number of methoxy groups -OCH3 is 1. The van der Waals surface area contributed by atoms with Crippen molar-refractivity contribution in [2.75, 3.05) is 11.8 Å². The lowest BCUT2D eigenvalue weighted by molar-refractivity contribution is -0.140. The van der Waals surface area contributed by atoms with Crippen LogP contribution in [0.4, 0.5) is 5.69 Å². The normalized spacial score (nSPS) is 20.8. The van der Waals surface area contributed by atoms with Gasteiger partial charge in [-0.1, -0.05) is 44.9 Å². The SMILES string of the molecule is COc1ccc(CN2C(=O)[C@H]3CCCC[C@@H]3C2=O)cc1S(=O)(=O)Nc1ccc(C(C)C)cc1. The second-order valence-electron chi connectivity index (χ2n) is 9.13. The highest BCUT2D eigenvalue weighted by atomic mass is 32.2. The second kappa shape index (κ2) is 9.17. The average Bonchev–Trinajstić information content (AvgIpc) is 3.04. The quantitative estimate of drug-likeness (QED) is 0.609. The Kier molecular flexibility index (Phi) is 6.47. The zero-order valence-electron chi connectivity index (χ0n) is 19.2. The average molecular weight is 471 g/mol. The van der Waals surface area contributed by atoms with Crippen LogP contribution in [0, 0.1) is 11.8 Å². The van der Waals surface area contributed by atoms with E-state index in [2.05, 4.69) is 18.6 Å². The molecule has 1 aliphatic carbocycles. The van der Waals surface area contributed by atoms with Crippen molar-refractivity contribution in [1.82, 2.24) is 4.90 Å². The van der Waals surface area contributed by atoms with Gasteiger partial charge in [-0.25, -0.2) is 8.42 Å². The Labute approximate surface area is 195 Å². The molecule has 0 bridgehead atoms. The van der Waals surface area contributed by atoms with Crippen LogP contribution >= 0.6 is 0 Å². The second-order valence-corrected chi connectivity index (χ2v) is 10.8. The summed E-state index contributed by atoms with van der Waals surface area (Å²) in [6.07, 6.45) is 3.41. The van der Waals surface area contributed by atoms with Crippen molar-refractivity contribution in [3.63, 3.8) is 0 Å². The van der Waals surface area contributed by atoms with Gasteiger partial charge < -0.3 is 4.74 Å². The summed E-state index contributed by atoms with van der Waals surface area (Å²) in [5, 5.41) is 0. The summed E-state index contributed by atoms with van der Waals surface area (Å²) in [7, 11) is -2.55. The highest BCUT2D eigenvalue weighted by Crippen LogP contribution is 2.39. The molecule has 4 rings (SSSR count). The first-order chi connectivity index (χ1) is 15.7. The van der Waals surface area contributed by atoms with Crippen molar-refractivity contribution in [3.8, 4) is 5.75 Å². The number of benzene rings is 2. The lowest BCUT2D eigenvalue weighted by Gasteiger charge is -2.19. The minimum atomic E-state index is -3.96. The van der Waals surface area contributed by atoms with Gasteiger partial charge in [0.15, 0.2) is 0 Å². The summed E-state index contributed by atoms with van der Waals surface area (Å²) in [6.45, 7) is 4.20. The molecule has 8 heteroatoms. The van der Waals surface area contributed by atoms with E-state index in [-0.39, 0.29) is 40.8 Å². The third-order valence-electron chi connectivity index (χ3n) is 6.62. The van der Waals surface area contributed by atoms with E-state index >= 15 is 0 Å². The number of amides is 2. The predicted molar refractivity (Wildman–Crippen MR) is 125 cm³/mol. The third-order valence-corrected chi connectivity index (χ3v) is 8.02. The Morgan fingerprint density at radius 1 is 1.00 bits per heavy atom. The van der Waals surface area contributed by atoms with E-state index in [4.69, 9.17) is 4.74 Å².